The highest BCUT2D eigenvalue weighted by atomic mass is 35.5. The van der Waals surface area contributed by atoms with Crippen molar-refractivity contribution in [2.75, 3.05) is 0 Å². The largest absolute Gasteiger partial charge is 0.271 e. The van der Waals surface area contributed by atoms with Crippen LogP contribution in [0.5, 0.6) is 0 Å². The number of hydrogen-bond donors (Lipinski definition) is 2. The van der Waals surface area contributed by atoms with Gasteiger partial charge in [-0.1, -0.05) is 23.2 Å². The van der Waals surface area contributed by atoms with Crippen LogP contribution in [0, 0.1) is 6.92 Å². The van der Waals surface area contributed by atoms with Gasteiger partial charge in [-0.2, -0.15) is 5.10 Å². The molecular weight excluding hydrogens is 291 g/mol. The molecule has 2 rings (SSSR count). The molecule has 0 saturated heterocycles. The summed E-state index contributed by atoms with van der Waals surface area (Å²) in [5.41, 5.74) is 4.58. The van der Waals surface area contributed by atoms with E-state index in [2.05, 4.69) is 10.5 Å². The van der Waals surface area contributed by atoms with Gasteiger partial charge in [0, 0.05) is 18.3 Å². The lowest BCUT2D eigenvalue weighted by atomic mass is 10.1. The molecule has 2 aromatic rings. The first-order valence-electron chi connectivity index (χ1n) is 5.42. The van der Waals surface area contributed by atoms with Crippen LogP contribution in [0.1, 0.15) is 22.3 Å². The van der Waals surface area contributed by atoms with Gasteiger partial charge in [0.1, 0.15) is 0 Å². The highest BCUT2D eigenvalue weighted by molar-refractivity contribution is 7.16. The Morgan fingerprint density at radius 1 is 1.50 bits per heavy atom. The van der Waals surface area contributed by atoms with Crippen molar-refractivity contribution in [2.45, 2.75) is 19.4 Å². The Bertz CT molecular complexity index is 549. The molecule has 98 valence electrons. The summed E-state index contributed by atoms with van der Waals surface area (Å²) in [5.74, 6) is 5.61. The Labute approximate surface area is 120 Å². The minimum absolute atomic E-state index is 0.0187. The van der Waals surface area contributed by atoms with Gasteiger partial charge in [-0.3, -0.25) is 16.0 Å². The summed E-state index contributed by atoms with van der Waals surface area (Å²) in [4.78, 5) is 1.08. The van der Waals surface area contributed by atoms with Gasteiger partial charge in [0.2, 0.25) is 0 Å². The third-order valence-corrected chi connectivity index (χ3v) is 4.63. The van der Waals surface area contributed by atoms with Crippen molar-refractivity contribution < 1.29 is 0 Å². The maximum absolute atomic E-state index is 6.23. The van der Waals surface area contributed by atoms with E-state index in [1.165, 1.54) is 11.3 Å². The fourth-order valence-corrected chi connectivity index (χ4v) is 3.21. The Kier molecular flexibility index (Phi) is 4.29. The lowest BCUT2D eigenvalue weighted by molar-refractivity contribution is 0.537. The zero-order valence-electron chi connectivity index (χ0n) is 10.1. The quantitative estimate of drug-likeness (QED) is 0.674. The number of thiophene rings is 1. The van der Waals surface area contributed by atoms with Gasteiger partial charge in [0.05, 0.1) is 26.8 Å². The molecule has 0 aliphatic rings. The average molecular weight is 305 g/mol. The molecule has 2 aromatic heterocycles. The maximum atomic E-state index is 6.23. The number of halogens is 2. The second-order valence-electron chi connectivity index (χ2n) is 4.03. The molecule has 0 aliphatic carbocycles. The van der Waals surface area contributed by atoms with Crippen molar-refractivity contribution in [3.05, 3.63) is 37.8 Å². The molecule has 0 saturated carbocycles. The number of nitrogens with two attached hydrogens (primary N) is 1. The molecule has 0 spiro atoms. The molecule has 1 atom stereocenters. The van der Waals surface area contributed by atoms with Crippen LogP contribution < -0.4 is 11.3 Å². The minimum Gasteiger partial charge on any atom is -0.271 e. The Hall–Kier alpha value is -0.590. The first kappa shape index (κ1) is 13.8. The zero-order valence-corrected chi connectivity index (χ0v) is 12.4. The van der Waals surface area contributed by atoms with Crippen molar-refractivity contribution >= 4 is 34.5 Å². The van der Waals surface area contributed by atoms with Crippen LogP contribution in [-0.2, 0) is 13.5 Å². The van der Waals surface area contributed by atoms with Gasteiger partial charge in [0.25, 0.3) is 0 Å². The van der Waals surface area contributed by atoms with Gasteiger partial charge in [-0.25, -0.2) is 0 Å². The predicted octanol–water partition coefficient (Wildman–Crippen LogP) is 2.84. The van der Waals surface area contributed by atoms with Crippen LogP contribution in [0.25, 0.3) is 0 Å². The summed E-state index contributed by atoms with van der Waals surface area (Å²) in [7, 11) is 1.88. The van der Waals surface area contributed by atoms with Crippen molar-refractivity contribution in [2.24, 2.45) is 12.9 Å². The van der Waals surface area contributed by atoms with E-state index in [1.807, 2.05) is 26.1 Å². The number of aryl methyl sites for hydroxylation is 2. The summed E-state index contributed by atoms with van der Waals surface area (Å²) in [6.07, 6.45) is 0.670. The van der Waals surface area contributed by atoms with Crippen LogP contribution in [0.4, 0.5) is 0 Å². The van der Waals surface area contributed by atoms with Crippen LogP contribution in [0.15, 0.2) is 12.1 Å². The smallest absolute Gasteiger partial charge is 0.0931 e. The molecule has 0 amide bonds. The van der Waals surface area contributed by atoms with E-state index in [1.54, 1.807) is 4.68 Å². The van der Waals surface area contributed by atoms with Crippen LogP contribution in [0.3, 0.4) is 0 Å². The normalized spacial score (nSPS) is 12.9. The van der Waals surface area contributed by atoms with Gasteiger partial charge in [0.15, 0.2) is 0 Å². The number of rotatable bonds is 4. The Morgan fingerprint density at radius 3 is 2.67 bits per heavy atom. The second kappa shape index (κ2) is 5.59. The van der Waals surface area contributed by atoms with E-state index in [0.29, 0.717) is 11.4 Å². The van der Waals surface area contributed by atoms with Gasteiger partial charge >= 0.3 is 0 Å². The van der Waals surface area contributed by atoms with Crippen LogP contribution in [-0.4, -0.2) is 9.78 Å². The summed E-state index contributed by atoms with van der Waals surface area (Å²) in [5, 5.41) is 4.99. The molecule has 0 radical (unpaired) electrons. The molecule has 0 aromatic carbocycles. The summed E-state index contributed by atoms with van der Waals surface area (Å²) in [6, 6.07) is 3.81. The highest BCUT2D eigenvalue weighted by Crippen LogP contribution is 2.30. The van der Waals surface area contributed by atoms with Gasteiger partial charge < -0.3 is 0 Å². The fraction of sp³-hybridized carbons (Fsp3) is 0.364. The fourth-order valence-electron chi connectivity index (χ4n) is 1.85. The van der Waals surface area contributed by atoms with E-state index < -0.39 is 0 Å². The topological polar surface area (TPSA) is 55.9 Å². The average Bonchev–Trinajstić information content (AvgIpc) is 2.84. The van der Waals surface area contributed by atoms with Crippen molar-refractivity contribution in [1.29, 1.82) is 0 Å². The van der Waals surface area contributed by atoms with Crippen molar-refractivity contribution in [3.8, 4) is 0 Å². The van der Waals surface area contributed by atoms with Crippen molar-refractivity contribution in [3.63, 3.8) is 0 Å². The number of hydrogen-bond acceptors (Lipinski definition) is 4. The molecule has 18 heavy (non-hydrogen) atoms. The molecule has 7 heteroatoms. The molecule has 4 nitrogen and oxygen atoms in total. The number of nitrogens with one attached hydrogen (secondary N) is 1. The van der Waals surface area contributed by atoms with Gasteiger partial charge in [-0.05, 0) is 19.1 Å². The predicted molar refractivity (Wildman–Crippen MR) is 76.1 cm³/mol. The minimum atomic E-state index is -0.0187. The monoisotopic (exact) mass is 304 g/mol. The first-order chi connectivity index (χ1) is 8.52. The number of hydrazine groups is 1. The SMILES string of the molecule is Cc1nn(C)c(CC(NN)c2ccc(Cl)s2)c1Cl. The van der Waals surface area contributed by atoms with E-state index in [4.69, 9.17) is 29.0 Å². The maximum Gasteiger partial charge on any atom is 0.0931 e. The molecular formula is C11H14Cl2N4S. The highest BCUT2D eigenvalue weighted by Gasteiger charge is 2.18. The van der Waals surface area contributed by atoms with Crippen LogP contribution in [0.2, 0.25) is 9.36 Å². The molecule has 2 heterocycles. The molecule has 0 bridgehead atoms. The third kappa shape index (κ3) is 2.70. The second-order valence-corrected chi connectivity index (χ2v) is 6.16. The Morgan fingerprint density at radius 2 is 2.22 bits per heavy atom. The third-order valence-electron chi connectivity index (χ3n) is 2.80. The van der Waals surface area contributed by atoms with Crippen molar-refractivity contribution in [1.82, 2.24) is 15.2 Å². The number of nitrogens with zero attached hydrogens (tertiary/aromatic N) is 2. The molecule has 3 N–H and O–H groups in total. The van der Waals surface area contributed by atoms with E-state index in [-0.39, 0.29) is 6.04 Å². The van der Waals surface area contributed by atoms with Gasteiger partial charge in [-0.15, -0.1) is 11.3 Å². The molecule has 1 unspecified atom stereocenters. The van der Waals surface area contributed by atoms with E-state index >= 15 is 0 Å². The summed E-state index contributed by atoms with van der Waals surface area (Å²) in [6.45, 7) is 1.89. The summed E-state index contributed by atoms with van der Waals surface area (Å²) < 4.78 is 2.54. The lowest BCUT2D eigenvalue weighted by Crippen LogP contribution is -2.29. The van der Waals surface area contributed by atoms with E-state index in [0.717, 1.165) is 20.6 Å². The lowest BCUT2D eigenvalue weighted by Gasteiger charge is -2.14. The first-order valence-corrected chi connectivity index (χ1v) is 6.99. The van der Waals surface area contributed by atoms with E-state index in [9.17, 15) is 0 Å². The standard InChI is InChI=1S/C11H14Cl2N4S/c1-6-11(13)8(17(2)16-6)5-7(15-14)9-3-4-10(12)18-9/h3-4,7,15H,5,14H2,1-2H3. The molecule has 0 fully saturated rings. The molecule has 0 aliphatic heterocycles. The van der Waals surface area contributed by atoms with Crippen LogP contribution >= 0.6 is 34.5 Å². The number of aromatic nitrogens is 2. The Balaban J connectivity index is 2.25. The zero-order chi connectivity index (χ0) is 13.3. The summed E-state index contributed by atoms with van der Waals surface area (Å²) >= 11 is 13.7.